The van der Waals surface area contributed by atoms with E-state index in [0.29, 0.717) is 0 Å². The molecule has 30 valence electrons. The van der Waals surface area contributed by atoms with E-state index in [1.165, 1.54) is 0 Å². The van der Waals surface area contributed by atoms with Gasteiger partial charge in [0.2, 0.25) is 0 Å². The Morgan fingerprint density at radius 2 is 0.600 bits per heavy atom. The summed E-state index contributed by atoms with van der Waals surface area (Å²) in [7, 11) is 0. The van der Waals surface area contributed by atoms with Crippen LogP contribution in [0.3, 0.4) is 0 Å². The van der Waals surface area contributed by atoms with Crippen LogP contribution in [0.5, 0.6) is 0 Å². The molecule has 0 heterocycles. The Hall–Kier alpha value is 1.62. The van der Waals surface area contributed by atoms with Crippen LogP contribution in [0, 0.1) is 0 Å². The molecule has 3 nitrogen and oxygen atoms in total. The van der Waals surface area contributed by atoms with Crippen molar-refractivity contribution in [3.8, 4) is 0 Å². The molecule has 6 N–H and O–H groups in total. The maximum absolute atomic E-state index is 0. The topological polar surface area (TPSA) is 94.5 Å². The summed E-state index contributed by atoms with van der Waals surface area (Å²) in [4.78, 5) is 0. The summed E-state index contributed by atoms with van der Waals surface area (Å²) in [5.74, 6) is 0. The molecule has 0 aromatic carbocycles. The zero-order valence-corrected chi connectivity index (χ0v) is 7.15. The first-order valence-electron chi connectivity index (χ1n) is 0. The second kappa shape index (κ2) is 45.7. The minimum absolute atomic E-state index is 0. The molecule has 0 saturated carbocycles. The van der Waals surface area contributed by atoms with Gasteiger partial charge in [-0.2, -0.15) is 0 Å². The van der Waals surface area contributed by atoms with E-state index in [9.17, 15) is 0 Å². The van der Waals surface area contributed by atoms with Crippen LogP contribution in [0.15, 0.2) is 0 Å². The fourth-order valence-corrected chi connectivity index (χ4v) is 0. The number of hydrogen-bond acceptors (Lipinski definition) is 0. The second-order valence-electron chi connectivity index (χ2n) is 0. The van der Waals surface area contributed by atoms with Gasteiger partial charge in [-0.1, -0.05) is 0 Å². The van der Waals surface area contributed by atoms with E-state index in [1.54, 1.807) is 0 Å². The summed E-state index contributed by atoms with van der Waals surface area (Å²) < 4.78 is 0. The van der Waals surface area contributed by atoms with Gasteiger partial charge < -0.3 is 16.4 Å². The van der Waals surface area contributed by atoms with Gasteiger partial charge in [0, 0.05) is 51.9 Å². The minimum Gasteiger partial charge on any atom is -0.412 e. The Morgan fingerprint density at radius 1 is 0.600 bits per heavy atom. The predicted octanol–water partition coefficient (Wildman–Crippen LogP) is -2.86. The molecule has 0 aromatic heterocycles. The van der Waals surface area contributed by atoms with Gasteiger partial charge in [-0.25, -0.2) is 0 Å². The zero-order valence-electron chi connectivity index (χ0n) is 2.95. The maximum atomic E-state index is 0. The molecule has 0 aliphatic heterocycles. The molecule has 0 aliphatic rings. The summed E-state index contributed by atoms with van der Waals surface area (Å²) in [5, 5.41) is 0. The monoisotopic (exact) mass is 170 g/mol. The van der Waals surface area contributed by atoms with Crippen LogP contribution < -0.4 is 0 Å². The van der Waals surface area contributed by atoms with Crippen molar-refractivity contribution < 1.29 is 38.8 Å². The Balaban J connectivity index is 0. The molecule has 0 rings (SSSR count). The largest absolute Gasteiger partial charge is 0.412 e. The van der Waals surface area contributed by atoms with Crippen molar-refractivity contribution in [2.24, 2.45) is 0 Å². The third-order valence-corrected chi connectivity index (χ3v) is 0. The van der Waals surface area contributed by atoms with Crippen LogP contribution in [0.25, 0.3) is 0 Å². The average Bonchev–Trinajstić information content (AvgIpc) is 0. The average molecular weight is 170 g/mol. The maximum Gasteiger partial charge on any atom is 0 e. The van der Waals surface area contributed by atoms with Gasteiger partial charge in [0.05, 0.1) is 0 Å². The summed E-state index contributed by atoms with van der Waals surface area (Å²) in [6, 6.07) is 0. The van der Waals surface area contributed by atoms with Crippen LogP contribution in [-0.2, 0) is 22.4 Å². The van der Waals surface area contributed by atoms with Gasteiger partial charge in [0.1, 0.15) is 0 Å². The van der Waals surface area contributed by atoms with Gasteiger partial charge in [0.15, 0.2) is 0 Å². The van der Waals surface area contributed by atoms with Crippen molar-refractivity contribution in [1.29, 1.82) is 0 Å². The first-order valence-corrected chi connectivity index (χ1v) is 0. The van der Waals surface area contributed by atoms with Crippen molar-refractivity contribution in [2.75, 3.05) is 0 Å². The van der Waals surface area contributed by atoms with Crippen molar-refractivity contribution in [3.05, 3.63) is 0 Å². The van der Waals surface area contributed by atoms with E-state index < -0.39 is 0 Å². The van der Waals surface area contributed by atoms with Crippen molar-refractivity contribution in [3.63, 3.8) is 0 Å². The predicted molar refractivity (Wildman–Crippen MR) is 16.6 cm³/mol. The fraction of sp³-hybridized carbons (Fsp3) is 0. The van der Waals surface area contributed by atoms with Crippen molar-refractivity contribution >= 4 is 29.6 Å². The van der Waals surface area contributed by atoms with Crippen LogP contribution in [0.1, 0.15) is 0 Å². The van der Waals surface area contributed by atoms with E-state index in [0.717, 1.165) is 0 Å². The Morgan fingerprint density at radius 3 is 0.600 bits per heavy atom. The van der Waals surface area contributed by atoms with E-state index in [-0.39, 0.29) is 68.4 Å². The molecule has 0 bridgehead atoms. The molecule has 0 fully saturated rings. The minimum atomic E-state index is 0. The van der Waals surface area contributed by atoms with Crippen LogP contribution in [0.4, 0.5) is 0 Å². The van der Waals surface area contributed by atoms with Gasteiger partial charge in [-0.3, -0.25) is 0 Å². The number of rotatable bonds is 0. The molecule has 2 radical (unpaired) electrons. The third kappa shape index (κ3) is 28.1. The molecule has 0 aliphatic carbocycles. The van der Waals surface area contributed by atoms with E-state index in [2.05, 4.69) is 0 Å². The first-order chi connectivity index (χ1) is 0. The van der Waals surface area contributed by atoms with E-state index in [4.69, 9.17) is 0 Å². The molecule has 0 spiro atoms. The Kier molecular flexibility index (Phi) is 728. The summed E-state index contributed by atoms with van der Waals surface area (Å²) >= 11 is 0. The molecule has 0 saturated heterocycles. The SMILES string of the molecule is O.O.O.[Na].[Nb]. The smallest absolute Gasteiger partial charge is 0 e. The molecule has 0 atom stereocenters. The van der Waals surface area contributed by atoms with Crippen LogP contribution >= 0.6 is 0 Å². The quantitative estimate of drug-likeness (QED) is 0.349. The van der Waals surface area contributed by atoms with E-state index >= 15 is 0 Å². The van der Waals surface area contributed by atoms with Crippen molar-refractivity contribution in [2.45, 2.75) is 0 Å². The second-order valence-corrected chi connectivity index (χ2v) is 0. The molecule has 5 heteroatoms. The molecular weight excluding hydrogens is 164 g/mol. The van der Waals surface area contributed by atoms with Crippen LogP contribution in [0.2, 0.25) is 0 Å². The summed E-state index contributed by atoms with van der Waals surface area (Å²) in [5.41, 5.74) is 0. The molecule has 0 aromatic rings. The third-order valence-electron chi connectivity index (χ3n) is 0. The van der Waals surface area contributed by atoms with Gasteiger partial charge in [0.25, 0.3) is 0 Å². The van der Waals surface area contributed by atoms with Gasteiger partial charge >= 0.3 is 0 Å². The van der Waals surface area contributed by atoms with Crippen molar-refractivity contribution in [1.82, 2.24) is 0 Å². The normalized spacial score (nSPS) is 0. The number of hydrogen-bond donors (Lipinski definition) is 0. The van der Waals surface area contributed by atoms with Crippen LogP contribution in [-0.4, -0.2) is 46.0 Å². The van der Waals surface area contributed by atoms with Gasteiger partial charge in [-0.15, -0.1) is 0 Å². The van der Waals surface area contributed by atoms with E-state index in [1.807, 2.05) is 0 Å². The Bertz CT molecular complexity index is 6.85. The fourth-order valence-electron chi connectivity index (χ4n) is 0. The Labute approximate surface area is 67.9 Å². The molecule has 5 heavy (non-hydrogen) atoms. The summed E-state index contributed by atoms with van der Waals surface area (Å²) in [6.07, 6.45) is 0. The molecular formula is H6NaNbO3. The molecule has 0 amide bonds. The summed E-state index contributed by atoms with van der Waals surface area (Å²) in [6.45, 7) is 0. The molecule has 0 unspecified atom stereocenters. The zero-order chi connectivity index (χ0) is 0. The first kappa shape index (κ1) is 79.7. The van der Waals surface area contributed by atoms with Gasteiger partial charge in [-0.05, 0) is 0 Å². The standard InChI is InChI=1S/Na.Nb.3H2O/h;;3*1H2.